The highest BCUT2D eigenvalue weighted by Gasteiger charge is 2.29. The smallest absolute Gasteiger partial charge is 0.407 e. The maximum Gasteiger partial charge on any atom is 0.407 e. The number of hydrogen-bond acceptors (Lipinski definition) is 11. The minimum atomic E-state index is -0.709. The van der Waals surface area contributed by atoms with E-state index in [2.05, 4.69) is 87.1 Å². The summed E-state index contributed by atoms with van der Waals surface area (Å²) in [5, 5.41) is 13.4. The fourth-order valence-corrected chi connectivity index (χ4v) is 6.43. The number of aromatic nitrogens is 4. The molecule has 3 amide bonds. The molecular weight excluding hydrogens is 720 g/mol. The second kappa shape index (κ2) is 19.0. The SMILES string of the molecule is COC(=O)N[C@@H](C(=O)CN[C@@H](C)c1ncc(C2OCC(c3ccc4cc(-c5cnc([C@@H](C)CNC(=O)[C@H](NC(=O)OC)C(C)C)[nH]5)ccc4c3)CO2)[nH]1)C(C)C. The van der Waals surface area contributed by atoms with Gasteiger partial charge in [-0.2, -0.15) is 0 Å². The Balaban J connectivity index is 1.12. The van der Waals surface area contributed by atoms with E-state index in [9.17, 15) is 19.2 Å². The zero-order valence-electron chi connectivity index (χ0n) is 33.2. The molecule has 56 heavy (non-hydrogen) atoms. The van der Waals surface area contributed by atoms with E-state index >= 15 is 0 Å². The van der Waals surface area contributed by atoms with Crippen LogP contribution in [-0.4, -0.2) is 96.4 Å². The lowest BCUT2D eigenvalue weighted by atomic mass is 9.96. The van der Waals surface area contributed by atoms with Gasteiger partial charge >= 0.3 is 12.2 Å². The fraction of sp³-hybridized carbons (Fsp3) is 0.500. The summed E-state index contributed by atoms with van der Waals surface area (Å²) >= 11 is 0. The summed E-state index contributed by atoms with van der Waals surface area (Å²) in [6, 6.07) is 10.9. The van der Waals surface area contributed by atoms with Crippen LogP contribution in [0.15, 0.2) is 48.8 Å². The highest BCUT2D eigenvalue weighted by molar-refractivity contribution is 5.89. The standard InChI is InChI=1S/C40H54N8O8/c1-21(2)33(47-39(51)53-7)32(49)18-41-24(6)36-43-17-31(46-36)38-55-19-29(20-56-38)27-10-9-26-14-28(12-11-25(26)13-27)30-16-42-35(45-30)23(5)15-44-37(50)34(22(3)4)48-40(52)54-8/h9-14,16-17,21-24,29,33-34,38,41H,15,18-20H2,1-8H3,(H,42,45)(H,43,46)(H,44,50)(H,47,51)(H,48,52)/t23-,24-,29?,33+,34+,38?/m0/s1. The zero-order valence-corrected chi connectivity index (χ0v) is 33.2. The molecule has 16 nitrogen and oxygen atoms in total. The molecule has 302 valence electrons. The van der Waals surface area contributed by atoms with Crippen molar-refractivity contribution < 1.29 is 38.1 Å². The van der Waals surface area contributed by atoms with Crippen LogP contribution in [0.25, 0.3) is 22.0 Å². The van der Waals surface area contributed by atoms with Crippen LogP contribution < -0.4 is 21.3 Å². The van der Waals surface area contributed by atoms with E-state index < -0.39 is 30.6 Å². The first-order valence-corrected chi connectivity index (χ1v) is 18.9. The van der Waals surface area contributed by atoms with E-state index in [1.807, 2.05) is 41.5 Å². The van der Waals surface area contributed by atoms with Gasteiger partial charge in [0.1, 0.15) is 17.7 Å². The van der Waals surface area contributed by atoms with Crippen molar-refractivity contribution in [2.24, 2.45) is 11.8 Å². The molecule has 1 aliphatic heterocycles. The molecule has 2 aromatic carbocycles. The molecule has 0 unspecified atom stereocenters. The molecule has 0 bridgehead atoms. The molecule has 5 rings (SSSR count). The first-order chi connectivity index (χ1) is 26.8. The third-order valence-electron chi connectivity index (χ3n) is 9.93. The monoisotopic (exact) mass is 774 g/mol. The maximum absolute atomic E-state index is 12.8. The van der Waals surface area contributed by atoms with Gasteiger partial charge in [-0.1, -0.05) is 65.0 Å². The van der Waals surface area contributed by atoms with Crippen molar-refractivity contribution in [3.63, 3.8) is 0 Å². The Bertz CT molecular complexity index is 1970. The number of rotatable bonds is 16. The minimum Gasteiger partial charge on any atom is -0.453 e. The summed E-state index contributed by atoms with van der Waals surface area (Å²) in [6.45, 7) is 12.6. The van der Waals surface area contributed by atoms with Gasteiger partial charge in [0.25, 0.3) is 0 Å². The lowest BCUT2D eigenvalue weighted by Crippen LogP contribution is -2.50. The first kappa shape index (κ1) is 41.8. The number of nitrogens with one attached hydrogen (secondary N) is 6. The van der Waals surface area contributed by atoms with Crippen LogP contribution in [0.3, 0.4) is 0 Å². The summed E-state index contributed by atoms with van der Waals surface area (Å²) in [4.78, 5) is 64.7. The molecule has 0 saturated carbocycles. The Morgan fingerprint density at radius 2 is 1.43 bits per heavy atom. The number of hydrogen-bond donors (Lipinski definition) is 6. The van der Waals surface area contributed by atoms with Gasteiger partial charge in [0.05, 0.1) is 69.8 Å². The van der Waals surface area contributed by atoms with Crippen molar-refractivity contribution in [3.05, 3.63) is 71.7 Å². The van der Waals surface area contributed by atoms with Crippen LogP contribution in [0.4, 0.5) is 9.59 Å². The molecule has 2 aromatic heterocycles. The molecule has 0 spiro atoms. The van der Waals surface area contributed by atoms with Gasteiger partial charge in [0.15, 0.2) is 5.78 Å². The quantitative estimate of drug-likeness (QED) is 0.0894. The van der Waals surface area contributed by atoms with E-state index in [1.54, 1.807) is 12.4 Å². The number of ketones is 1. The largest absolute Gasteiger partial charge is 0.453 e. The predicted molar refractivity (Wildman–Crippen MR) is 209 cm³/mol. The first-order valence-electron chi connectivity index (χ1n) is 18.9. The van der Waals surface area contributed by atoms with Crippen LogP contribution in [0, 0.1) is 11.8 Å². The van der Waals surface area contributed by atoms with Crippen LogP contribution in [0.2, 0.25) is 0 Å². The fourth-order valence-electron chi connectivity index (χ4n) is 6.43. The molecule has 1 fully saturated rings. The van der Waals surface area contributed by atoms with Gasteiger partial charge in [-0.3, -0.25) is 9.59 Å². The van der Waals surface area contributed by atoms with Crippen molar-refractivity contribution in [2.45, 2.75) is 77.8 Å². The number of benzene rings is 2. The molecule has 0 radical (unpaired) electrons. The number of nitrogens with zero attached hydrogens (tertiary/aromatic N) is 2. The minimum absolute atomic E-state index is 0.0424. The second-order valence-electron chi connectivity index (χ2n) is 14.9. The third kappa shape index (κ3) is 10.5. The van der Waals surface area contributed by atoms with Crippen molar-refractivity contribution in [1.82, 2.24) is 41.2 Å². The number of carbonyl (C=O) groups is 4. The number of carbonyl (C=O) groups excluding carboxylic acids is 4. The van der Waals surface area contributed by atoms with E-state index in [0.717, 1.165) is 33.4 Å². The Morgan fingerprint density at radius 1 is 0.804 bits per heavy atom. The molecular formula is C40H54N8O8. The lowest BCUT2D eigenvalue weighted by Gasteiger charge is -2.29. The van der Waals surface area contributed by atoms with Crippen LogP contribution in [0.5, 0.6) is 0 Å². The highest BCUT2D eigenvalue weighted by Crippen LogP contribution is 2.32. The third-order valence-corrected chi connectivity index (χ3v) is 9.93. The topological polar surface area (TPSA) is 211 Å². The number of amides is 3. The average molecular weight is 775 g/mol. The predicted octanol–water partition coefficient (Wildman–Crippen LogP) is 4.98. The van der Waals surface area contributed by atoms with Gasteiger partial charge in [0.2, 0.25) is 12.2 Å². The molecule has 4 atom stereocenters. The number of fused-ring (bicyclic) bond motifs is 1. The van der Waals surface area contributed by atoms with Gasteiger partial charge in [-0.25, -0.2) is 19.6 Å². The van der Waals surface area contributed by atoms with Gasteiger partial charge in [-0.05, 0) is 41.2 Å². The molecule has 0 aliphatic carbocycles. The summed E-state index contributed by atoms with van der Waals surface area (Å²) in [6.07, 6.45) is 1.58. The van der Waals surface area contributed by atoms with E-state index in [1.165, 1.54) is 14.2 Å². The van der Waals surface area contributed by atoms with Crippen molar-refractivity contribution in [2.75, 3.05) is 40.5 Å². The average Bonchev–Trinajstić information content (AvgIpc) is 3.91. The zero-order chi connectivity index (χ0) is 40.5. The summed E-state index contributed by atoms with van der Waals surface area (Å²) in [7, 11) is 2.53. The van der Waals surface area contributed by atoms with Crippen molar-refractivity contribution in [1.29, 1.82) is 0 Å². The van der Waals surface area contributed by atoms with Crippen molar-refractivity contribution >= 4 is 34.6 Å². The number of alkyl carbamates (subject to hydrolysis) is 2. The summed E-state index contributed by atoms with van der Waals surface area (Å²) < 4.78 is 21.6. The van der Waals surface area contributed by atoms with Crippen LogP contribution in [-0.2, 0) is 28.5 Å². The maximum atomic E-state index is 12.8. The van der Waals surface area contributed by atoms with E-state index in [0.29, 0.717) is 31.3 Å². The van der Waals surface area contributed by atoms with Gasteiger partial charge in [-0.15, -0.1) is 0 Å². The van der Waals surface area contributed by atoms with E-state index in [-0.39, 0.29) is 47.9 Å². The lowest BCUT2D eigenvalue weighted by molar-refractivity contribution is -0.193. The number of Topliss-reactive ketones (excluding diaryl/α,β-unsaturated/α-hetero) is 1. The molecule has 16 heteroatoms. The van der Waals surface area contributed by atoms with Gasteiger partial charge in [0, 0.05) is 23.9 Å². The van der Waals surface area contributed by atoms with Crippen LogP contribution >= 0.6 is 0 Å². The molecule has 6 N–H and O–H groups in total. The molecule has 1 saturated heterocycles. The van der Waals surface area contributed by atoms with Crippen molar-refractivity contribution in [3.8, 4) is 11.3 Å². The Hall–Kier alpha value is -5.32. The molecule has 3 heterocycles. The number of methoxy groups -OCH3 is 2. The second-order valence-corrected chi connectivity index (χ2v) is 14.9. The summed E-state index contributed by atoms with van der Waals surface area (Å²) in [5.74, 6) is 0.667. The van der Waals surface area contributed by atoms with Gasteiger partial charge < -0.3 is 50.2 Å². The Morgan fingerprint density at radius 3 is 2.09 bits per heavy atom. The summed E-state index contributed by atoms with van der Waals surface area (Å²) in [5.41, 5.74) is 3.65. The van der Waals surface area contributed by atoms with Crippen LogP contribution in [0.1, 0.15) is 88.6 Å². The number of imidazole rings is 2. The van der Waals surface area contributed by atoms with E-state index in [4.69, 9.17) is 9.47 Å². The Kier molecular flexibility index (Phi) is 14.2. The highest BCUT2D eigenvalue weighted by atomic mass is 16.7. The Labute approximate surface area is 326 Å². The normalized spacial score (nSPS) is 17.9. The molecule has 4 aromatic rings. The number of ether oxygens (including phenoxy) is 4. The number of aromatic amines is 2. The molecule has 1 aliphatic rings. The number of H-pyrrole nitrogens is 2.